The lowest BCUT2D eigenvalue weighted by atomic mass is 10.0. The van der Waals surface area contributed by atoms with Gasteiger partial charge in [0.15, 0.2) is 0 Å². The molecule has 2 N–H and O–H groups in total. The Hall–Kier alpha value is -4.05. The van der Waals surface area contributed by atoms with E-state index in [1.165, 1.54) is 16.5 Å². The highest BCUT2D eigenvalue weighted by Crippen LogP contribution is 2.36. The fourth-order valence-electron chi connectivity index (χ4n) is 3.86. The summed E-state index contributed by atoms with van der Waals surface area (Å²) >= 11 is 0. The third-order valence-electron chi connectivity index (χ3n) is 5.56. The van der Waals surface area contributed by atoms with Gasteiger partial charge in [-0.05, 0) is 40.3 Å². The second-order valence-corrected chi connectivity index (χ2v) is 7.58. The predicted octanol–water partition coefficient (Wildman–Crippen LogP) is 5.99. The minimum Gasteiger partial charge on any atom is -0.489 e. The summed E-state index contributed by atoms with van der Waals surface area (Å²) in [5, 5.41) is 2.34. The van der Waals surface area contributed by atoms with Crippen LogP contribution >= 0.6 is 0 Å². The smallest absolute Gasteiger partial charge is 0.200 e. The summed E-state index contributed by atoms with van der Waals surface area (Å²) in [6.45, 7) is 0.520. The standard InChI is InChI=1S/C27H23N3O/c1-30(22-10-6-11-23(17-22)31-18-19-7-3-2-4-8-19)27(28)29-25-16-15-21-14-13-20-9-5-12-24(25)26(20)21/h2-17H,18H2,1H3,(H2,28,29). The minimum atomic E-state index is 0.423. The van der Waals surface area contributed by atoms with E-state index < -0.39 is 0 Å². The number of anilines is 1. The lowest BCUT2D eigenvalue weighted by molar-refractivity contribution is 0.306. The topological polar surface area (TPSA) is 50.8 Å². The van der Waals surface area contributed by atoms with E-state index in [-0.39, 0.29) is 0 Å². The highest BCUT2D eigenvalue weighted by Gasteiger charge is 2.13. The monoisotopic (exact) mass is 405 g/mol. The van der Waals surface area contributed by atoms with Crippen molar-refractivity contribution in [3.63, 3.8) is 0 Å². The summed E-state index contributed by atoms with van der Waals surface area (Å²) in [5.74, 6) is 1.21. The molecule has 4 aromatic carbocycles. The molecule has 0 aromatic heterocycles. The summed E-state index contributed by atoms with van der Waals surface area (Å²) in [4.78, 5) is 6.62. The van der Waals surface area contributed by atoms with Gasteiger partial charge in [-0.2, -0.15) is 0 Å². The third kappa shape index (κ3) is 3.76. The van der Waals surface area contributed by atoms with Crippen LogP contribution in [0.3, 0.4) is 0 Å². The van der Waals surface area contributed by atoms with Gasteiger partial charge >= 0.3 is 0 Å². The van der Waals surface area contributed by atoms with Crippen LogP contribution in [0.15, 0.2) is 89.9 Å². The number of rotatable bonds is 5. The SMILES string of the molecule is CN(C(N)=Nc1ccc2c3c(cccc13)C=C2)c1cccc(OCc2ccccc2)c1. The van der Waals surface area contributed by atoms with Crippen LogP contribution in [0.2, 0.25) is 0 Å². The molecule has 1 aliphatic carbocycles. The van der Waals surface area contributed by atoms with Crippen LogP contribution in [0.5, 0.6) is 5.75 Å². The molecular weight excluding hydrogens is 382 g/mol. The number of nitrogens with two attached hydrogens (primary N) is 1. The first-order valence-corrected chi connectivity index (χ1v) is 10.3. The van der Waals surface area contributed by atoms with E-state index in [9.17, 15) is 0 Å². The molecule has 0 heterocycles. The molecule has 0 saturated carbocycles. The molecule has 0 radical (unpaired) electrons. The first-order chi connectivity index (χ1) is 15.2. The Morgan fingerprint density at radius 2 is 1.65 bits per heavy atom. The van der Waals surface area contributed by atoms with E-state index in [4.69, 9.17) is 15.5 Å². The van der Waals surface area contributed by atoms with E-state index in [0.29, 0.717) is 12.6 Å². The first-order valence-electron chi connectivity index (χ1n) is 10.3. The second-order valence-electron chi connectivity index (χ2n) is 7.58. The highest BCUT2D eigenvalue weighted by atomic mass is 16.5. The van der Waals surface area contributed by atoms with Crippen LogP contribution in [0.25, 0.3) is 22.9 Å². The number of hydrogen-bond donors (Lipinski definition) is 1. The van der Waals surface area contributed by atoms with E-state index >= 15 is 0 Å². The number of ether oxygens (including phenoxy) is 1. The number of benzene rings is 4. The third-order valence-corrected chi connectivity index (χ3v) is 5.56. The number of hydrogen-bond acceptors (Lipinski definition) is 2. The molecule has 0 atom stereocenters. The normalized spacial score (nSPS) is 12.4. The maximum Gasteiger partial charge on any atom is 0.200 e. The van der Waals surface area contributed by atoms with Gasteiger partial charge in [-0.3, -0.25) is 0 Å². The molecule has 0 saturated heterocycles. The second kappa shape index (κ2) is 8.00. The average Bonchev–Trinajstić information content (AvgIpc) is 3.24. The summed E-state index contributed by atoms with van der Waals surface area (Å²) in [7, 11) is 1.91. The Kier molecular flexibility index (Phi) is 4.89. The van der Waals surface area contributed by atoms with Gasteiger partial charge in [0.2, 0.25) is 5.96 Å². The molecule has 4 aromatic rings. The van der Waals surface area contributed by atoms with Crippen LogP contribution < -0.4 is 15.4 Å². The Labute approximate surface area is 181 Å². The predicted molar refractivity (Wildman–Crippen MR) is 130 cm³/mol. The summed E-state index contributed by atoms with van der Waals surface area (Å²) in [6, 6.07) is 28.4. The quantitative estimate of drug-likeness (QED) is 0.289. The number of guanidine groups is 1. The van der Waals surface area contributed by atoms with Crippen molar-refractivity contribution in [2.45, 2.75) is 6.61 Å². The largest absolute Gasteiger partial charge is 0.489 e. The van der Waals surface area contributed by atoms with Crippen molar-refractivity contribution in [1.82, 2.24) is 0 Å². The average molecular weight is 406 g/mol. The molecule has 5 rings (SSSR count). The molecule has 0 amide bonds. The van der Waals surface area contributed by atoms with Gasteiger partial charge in [0.25, 0.3) is 0 Å². The van der Waals surface area contributed by atoms with Crippen molar-refractivity contribution in [2.24, 2.45) is 10.7 Å². The Morgan fingerprint density at radius 3 is 2.48 bits per heavy atom. The molecule has 4 nitrogen and oxygen atoms in total. The van der Waals surface area contributed by atoms with Crippen LogP contribution in [0.1, 0.15) is 16.7 Å². The van der Waals surface area contributed by atoms with Crippen LogP contribution in [0.4, 0.5) is 11.4 Å². The molecule has 0 spiro atoms. The zero-order valence-electron chi connectivity index (χ0n) is 17.3. The zero-order valence-corrected chi connectivity index (χ0v) is 17.3. The number of nitrogens with zero attached hydrogens (tertiary/aromatic N) is 2. The van der Waals surface area contributed by atoms with E-state index in [1.54, 1.807) is 0 Å². The van der Waals surface area contributed by atoms with Crippen molar-refractivity contribution in [1.29, 1.82) is 0 Å². The lowest BCUT2D eigenvalue weighted by Gasteiger charge is -2.19. The van der Waals surface area contributed by atoms with Crippen LogP contribution in [-0.4, -0.2) is 13.0 Å². The van der Waals surface area contributed by atoms with Crippen LogP contribution in [-0.2, 0) is 6.61 Å². The zero-order chi connectivity index (χ0) is 21.2. The summed E-state index contributed by atoms with van der Waals surface area (Å²) in [5.41, 5.74) is 11.8. The molecular formula is C27H23N3O. The fourth-order valence-corrected chi connectivity index (χ4v) is 3.86. The first kappa shape index (κ1) is 18.9. The molecule has 1 aliphatic rings. The summed E-state index contributed by atoms with van der Waals surface area (Å²) in [6.07, 6.45) is 4.28. The molecule has 4 heteroatoms. The Bertz CT molecular complexity index is 1300. The van der Waals surface area contributed by atoms with Gasteiger partial charge in [-0.1, -0.05) is 72.8 Å². The molecule has 152 valence electrons. The molecule has 0 fully saturated rings. The van der Waals surface area contributed by atoms with Gasteiger partial charge < -0.3 is 15.4 Å². The van der Waals surface area contributed by atoms with E-state index in [2.05, 4.69) is 36.4 Å². The van der Waals surface area contributed by atoms with Crippen molar-refractivity contribution >= 4 is 40.3 Å². The van der Waals surface area contributed by atoms with Gasteiger partial charge in [0.05, 0.1) is 5.69 Å². The maximum absolute atomic E-state index is 6.40. The van der Waals surface area contributed by atoms with Gasteiger partial charge in [-0.15, -0.1) is 0 Å². The molecule has 0 unspecified atom stereocenters. The Balaban J connectivity index is 1.39. The number of aliphatic imine (C=N–C) groups is 1. The minimum absolute atomic E-state index is 0.423. The summed E-state index contributed by atoms with van der Waals surface area (Å²) < 4.78 is 5.96. The molecule has 0 bridgehead atoms. The van der Waals surface area contributed by atoms with Crippen molar-refractivity contribution in [2.75, 3.05) is 11.9 Å². The molecule has 0 aliphatic heterocycles. The Morgan fingerprint density at radius 1 is 0.871 bits per heavy atom. The maximum atomic E-state index is 6.40. The van der Waals surface area contributed by atoms with Crippen molar-refractivity contribution in [3.8, 4) is 5.75 Å². The fraction of sp³-hybridized carbons (Fsp3) is 0.0741. The highest BCUT2D eigenvalue weighted by molar-refractivity contribution is 6.10. The van der Waals surface area contributed by atoms with Gasteiger partial charge in [-0.25, -0.2) is 4.99 Å². The van der Waals surface area contributed by atoms with Crippen molar-refractivity contribution in [3.05, 3.63) is 102 Å². The van der Waals surface area contributed by atoms with Gasteiger partial charge in [0.1, 0.15) is 12.4 Å². The van der Waals surface area contributed by atoms with Crippen molar-refractivity contribution < 1.29 is 4.74 Å². The van der Waals surface area contributed by atoms with E-state index in [1.807, 2.05) is 72.6 Å². The molecule has 31 heavy (non-hydrogen) atoms. The van der Waals surface area contributed by atoms with Gasteiger partial charge in [0, 0.05) is 24.2 Å². The van der Waals surface area contributed by atoms with E-state index in [0.717, 1.165) is 28.1 Å². The lowest BCUT2D eigenvalue weighted by Crippen LogP contribution is -2.33. The van der Waals surface area contributed by atoms with Crippen LogP contribution in [0, 0.1) is 0 Å².